The maximum absolute atomic E-state index is 12.2. The van der Waals surface area contributed by atoms with Gasteiger partial charge in [-0.2, -0.15) is 0 Å². The Bertz CT molecular complexity index is 809. The minimum atomic E-state index is -3.11. The third-order valence-corrected chi connectivity index (χ3v) is 6.18. The first-order valence-corrected chi connectivity index (χ1v) is 9.93. The van der Waals surface area contributed by atoms with Crippen LogP contribution in [-0.2, 0) is 19.4 Å². The smallest absolute Gasteiger partial charge is 0.338 e. The first-order valence-electron chi connectivity index (χ1n) is 7.73. The van der Waals surface area contributed by atoms with Gasteiger partial charge in [0.1, 0.15) is 0 Å². The lowest BCUT2D eigenvalue weighted by molar-refractivity contribution is -0.134. The van der Waals surface area contributed by atoms with Gasteiger partial charge < -0.3 is 19.1 Å². The summed E-state index contributed by atoms with van der Waals surface area (Å²) in [6, 6.07) is 2.34. The summed E-state index contributed by atoms with van der Waals surface area (Å²) in [5.41, 5.74) is 0.103. The zero-order valence-corrected chi connectivity index (χ0v) is 16.2. The van der Waals surface area contributed by atoms with Crippen LogP contribution >= 0.6 is 11.6 Å². The second kappa shape index (κ2) is 8.13. The van der Waals surface area contributed by atoms with E-state index in [0.29, 0.717) is 6.42 Å². The quantitative estimate of drug-likeness (QED) is 0.655. The van der Waals surface area contributed by atoms with Crippen molar-refractivity contribution < 1.29 is 32.2 Å². The molecule has 1 heterocycles. The predicted octanol–water partition coefficient (Wildman–Crippen LogP) is 1.16. The van der Waals surface area contributed by atoms with Crippen molar-refractivity contribution in [2.24, 2.45) is 0 Å². The van der Waals surface area contributed by atoms with Gasteiger partial charge in [0.15, 0.2) is 27.9 Å². The number of hydrogen-bond acceptors (Lipinski definition) is 7. The molecule has 1 aliphatic heterocycles. The fraction of sp³-hybridized carbons (Fsp3) is 0.500. The van der Waals surface area contributed by atoms with Crippen LogP contribution in [0.1, 0.15) is 16.8 Å². The lowest BCUT2D eigenvalue weighted by atomic mass is 10.2. The Hall–Kier alpha value is -2.00. The number of esters is 1. The molecule has 0 N–H and O–H groups in total. The van der Waals surface area contributed by atoms with Crippen LogP contribution in [0, 0.1) is 0 Å². The summed E-state index contributed by atoms with van der Waals surface area (Å²) < 4.78 is 38.2. The third-order valence-electron chi connectivity index (χ3n) is 4.15. The number of ether oxygens (including phenoxy) is 3. The van der Waals surface area contributed by atoms with E-state index in [4.69, 9.17) is 25.8 Å². The molecule has 144 valence electrons. The summed E-state index contributed by atoms with van der Waals surface area (Å²) in [6.07, 6.45) is 0.379. The average molecular weight is 406 g/mol. The number of carbonyl (C=O) groups excluding carboxylic acids is 2. The molecule has 1 aromatic rings. The van der Waals surface area contributed by atoms with Gasteiger partial charge in [-0.1, -0.05) is 11.6 Å². The van der Waals surface area contributed by atoms with Crippen LogP contribution in [0.3, 0.4) is 0 Å². The van der Waals surface area contributed by atoms with E-state index in [1.54, 1.807) is 0 Å². The SMILES string of the molecule is COc1cc(C(=O)OCC(=O)N(C)[C@H]2CCS(=O)(=O)C2)cc(Cl)c1OC. The highest BCUT2D eigenvalue weighted by Gasteiger charge is 2.33. The Labute approximate surface area is 156 Å². The number of sulfone groups is 1. The van der Waals surface area contributed by atoms with Gasteiger partial charge in [0, 0.05) is 13.1 Å². The fourth-order valence-corrected chi connectivity index (χ4v) is 4.69. The van der Waals surface area contributed by atoms with Crippen LogP contribution in [0.4, 0.5) is 0 Å². The van der Waals surface area contributed by atoms with Crippen molar-refractivity contribution in [2.45, 2.75) is 12.5 Å². The Morgan fingerprint density at radius 2 is 1.96 bits per heavy atom. The van der Waals surface area contributed by atoms with E-state index >= 15 is 0 Å². The highest BCUT2D eigenvalue weighted by Crippen LogP contribution is 2.36. The number of hydrogen-bond donors (Lipinski definition) is 0. The molecule has 0 spiro atoms. The molecule has 1 saturated heterocycles. The summed E-state index contributed by atoms with van der Waals surface area (Å²) in [6.45, 7) is -0.502. The predicted molar refractivity (Wildman–Crippen MR) is 94.7 cm³/mol. The monoisotopic (exact) mass is 405 g/mol. The minimum absolute atomic E-state index is 0.0548. The number of halogens is 1. The highest BCUT2D eigenvalue weighted by atomic mass is 35.5. The van der Waals surface area contributed by atoms with E-state index in [-0.39, 0.29) is 33.6 Å². The second-order valence-corrected chi connectivity index (χ2v) is 8.47. The van der Waals surface area contributed by atoms with Gasteiger partial charge in [-0.25, -0.2) is 13.2 Å². The Morgan fingerprint density at radius 3 is 2.50 bits per heavy atom. The summed E-state index contributed by atoms with van der Waals surface area (Å²) in [5.74, 6) is -0.718. The van der Waals surface area contributed by atoms with E-state index in [0.717, 1.165) is 0 Å². The largest absolute Gasteiger partial charge is 0.493 e. The molecule has 0 unspecified atom stereocenters. The maximum Gasteiger partial charge on any atom is 0.338 e. The third kappa shape index (κ3) is 4.59. The number of carbonyl (C=O) groups is 2. The summed E-state index contributed by atoms with van der Waals surface area (Å²) in [7, 11) is 1.20. The molecule has 1 aliphatic rings. The molecule has 0 radical (unpaired) electrons. The van der Waals surface area contributed by atoms with E-state index in [2.05, 4.69) is 0 Å². The number of nitrogens with zero attached hydrogens (tertiary/aromatic N) is 1. The molecule has 2 rings (SSSR count). The average Bonchev–Trinajstić information content (AvgIpc) is 2.97. The molecule has 26 heavy (non-hydrogen) atoms. The summed E-state index contributed by atoms with van der Waals surface area (Å²) in [5, 5.41) is 0.165. The van der Waals surface area contributed by atoms with Crippen LogP contribution in [0.5, 0.6) is 11.5 Å². The van der Waals surface area contributed by atoms with E-state index in [1.807, 2.05) is 0 Å². The lowest BCUT2D eigenvalue weighted by Crippen LogP contribution is -2.40. The topological polar surface area (TPSA) is 99.2 Å². The van der Waals surface area contributed by atoms with Crippen molar-refractivity contribution >= 4 is 33.3 Å². The molecule has 8 nitrogen and oxygen atoms in total. The maximum atomic E-state index is 12.2. The van der Waals surface area contributed by atoms with Crippen molar-refractivity contribution in [3.8, 4) is 11.5 Å². The molecule has 0 aliphatic carbocycles. The number of benzene rings is 1. The van der Waals surface area contributed by atoms with Gasteiger partial charge in [0.05, 0.1) is 36.3 Å². The van der Waals surface area contributed by atoms with Crippen molar-refractivity contribution in [3.63, 3.8) is 0 Å². The van der Waals surface area contributed by atoms with E-state index in [1.165, 1.54) is 38.3 Å². The van der Waals surface area contributed by atoms with Crippen molar-refractivity contribution in [2.75, 3.05) is 39.4 Å². The van der Waals surface area contributed by atoms with Gasteiger partial charge in [0.2, 0.25) is 0 Å². The minimum Gasteiger partial charge on any atom is -0.493 e. The van der Waals surface area contributed by atoms with Gasteiger partial charge in [-0.3, -0.25) is 4.79 Å². The van der Waals surface area contributed by atoms with Crippen molar-refractivity contribution in [3.05, 3.63) is 22.7 Å². The molecule has 0 aromatic heterocycles. The second-order valence-electron chi connectivity index (χ2n) is 5.83. The summed E-state index contributed by atoms with van der Waals surface area (Å²) in [4.78, 5) is 25.6. The van der Waals surface area contributed by atoms with Gasteiger partial charge >= 0.3 is 5.97 Å². The Kier molecular flexibility index (Phi) is 6.35. The molecule has 1 aromatic carbocycles. The van der Waals surface area contributed by atoms with Gasteiger partial charge in [-0.05, 0) is 18.6 Å². The van der Waals surface area contributed by atoms with Crippen LogP contribution in [0.15, 0.2) is 12.1 Å². The Morgan fingerprint density at radius 1 is 1.27 bits per heavy atom. The van der Waals surface area contributed by atoms with Crippen molar-refractivity contribution in [1.82, 2.24) is 4.90 Å². The van der Waals surface area contributed by atoms with Crippen molar-refractivity contribution in [1.29, 1.82) is 0 Å². The number of rotatable bonds is 6. The van der Waals surface area contributed by atoms with Crippen LogP contribution in [0.2, 0.25) is 5.02 Å². The number of amides is 1. The van der Waals surface area contributed by atoms with Gasteiger partial charge in [0.25, 0.3) is 5.91 Å². The first-order chi connectivity index (χ1) is 12.2. The molecular formula is C16H20ClNO7S. The van der Waals surface area contributed by atoms with E-state index in [9.17, 15) is 18.0 Å². The molecule has 1 fully saturated rings. The van der Waals surface area contributed by atoms with Crippen LogP contribution in [0.25, 0.3) is 0 Å². The molecular weight excluding hydrogens is 386 g/mol. The Balaban J connectivity index is 2.00. The molecule has 1 atom stereocenters. The lowest BCUT2D eigenvalue weighted by Gasteiger charge is -2.23. The van der Waals surface area contributed by atoms with Gasteiger partial charge in [-0.15, -0.1) is 0 Å². The zero-order chi connectivity index (χ0) is 19.5. The molecule has 0 bridgehead atoms. The molecule has 10 heteroatoms. The summed E-state index contributed by atoms with van der Waals surface area (Å²) >= 11 is 6.04. The normalized spacial score (nSPS) is 18.2. The molecule has 0 saturated carbocycles. The zero-order valence-electron chi connectivity index (χ0n) is 14.7. The number of methoxy groups -OCH3 is 2. The van der Waals surface area contributed by atoms with E-state index < -0.39 is 34.4 Å². The van der Waals surface area contributed by atoms with Crippen LogP contribution in [-0.4, -0.2) is 70.6 Å². The van der Waals surface area contributed by atoms with Crippen LogP contribution < -0.4 is 9.47 Å². The fourth-order valence-electron chi connectivity index (χ4n) is 2.63. The number of likely N-dealkylation sites (N-methyl/N-ethyl adjacent to an activating group) is 1. The first kappa shape index (κ1) is 20.3. The highest BCUT2D eigenvalue weighted by molar-refractivity contribution is 7.91. The standard InChI is InChI=1S/C16H20ClNO7S/c1-18(11-4-5-26(21,22)9-11)14(19)8-25-16(20)10-6-12(17)15(24-3)13(7-10)23-2/h6-7,11H,4-5,8-9H2,1-3H3/t11-/m0/s1. The molecule has 1 amide bonds.